The minimum absolute atomic E-state index is 0.0983. The zero-order valence-corrected chi connectivity index (χ0v) is 20.9. The van der Waals surface area contributed by atoms with Gasteiger partial charge in [0.1, 0.15) is 0 Å². The van der Waals surface area contributed by atoms with Gasteiger partial charge in [-0.1, -0.05) is 65.7 Å². The van der Waals surface area contributed by atoms with Crippen molar-refractivity contribution in [2.24, 2.45) is 0 Å². The number of amides is 1. The summed E-state index contributed by atoms with van der Waals surface area (Å²) in [7, 11) is -3.79. The number of hydrogen-bond acceptors (Lipinski definition) is 4. The molecule has 2 N–H and O–H groups in total. The van der Waals surface area contributed by atoms with E-state index >= 15 is 0 Å². The monoisotopic (exact) mass is 530 g/mol. The minimum atomic E-state index is -3.79. The minimum Gasteiger partial charge on any atom is -0.325 e. The highest BCUT2D eigenvalue weighted by molar-refractivity contribution is 7.99. The molecule has 9 heteroatoms. The first-order valence-electron chi connectivity index (χ1n) is 10.2. The highest BCUT2D eigenvalue weighted by Crippen LogP contribution is 2.29. The molecule has 4 rings (SSSR count). The van der Waals surface area contributed by atoms with Crippen molar-refractivity contribution < 1.29 is 13.2 Å². The smallest absolute Gasteiger partial charge is 0.261 e. The van der Waals surface area contributed by atoms with Gasteiger partial charge in [-0.25, -0.2) is 8.42 Å². The molecule has 0 aliphatic rings. The number of halogens is 2. The lowest BCUT2D eigenvalue weighted by atomic mass is 10.1. The topological polar surface area (TPSA) is 75.3 Å². The second-order valence-corrected chi connectivity index (χ2v) is 10.9. The summed E-state index contributed by atoms with van der Waals surface area (Å²) in [6, 6.07) is 24.3. The molecule has 174 valence electrons. The fraction of sp³-hybridized carbons (Fsp3) is 0.0800. The van der Waals surface area contributed by atoms with Crippen molar-refractivity contribution in [3.8, 4) is 0 Å². The fourth-order valence-electron chi connectivity index (χ4n) is 3.35. The van der Waals surface area contributed by atoms with E-state index in [1.54, 1.807) is 42.5 Å². The number of sulfonamides is 1. The zero-order valence-electron chi connectivity index (χ0n) is 17.8. The van der Waals surface area contributed by atoms with Crippen LogP contribution in [0.3, 0.4) is 0 Å². The molecule has 0 fully saturated rings. The van der Waals surface area contributed by atoms with Gasteiger partial charge < -0.3 is 5.32 Å². The Balaban J connectivity index is 1.37. The number of carbonyl (C=O) groups is 1. The Morgan fingerprint density at radius 2 is 1.47 bits per heavy atom. The molecule has 0 saturated carbocycles. The quantitative estimate of drug-likeness (QED) is 0.262. The van der Waals surface area contributed by atoms with Gasteiger partial charge in [-0.2, -0.15) is 0 Å². The lowest BCUT2D eigenvalue weighted by Gasteiger charge is -2.12. The van der Waals surface area contributed by atoms with Crippen LogP contribution in [0.2, 0.25) is 10.0 Å². The molecule has 0 unspecified atom stereocenters. The van der Waals surface area contributed by atoms with E-state index in [-0.39, 0.29) is 16.6 Å². The third-order valence-corrected chi connectivity index (χ3v) is 8.07. The van der Waals surface area contributed by atoms with Crippen LogP contribution in [0.25, 0.3) is 10.8 Å². The summed E-state index contributed by atoms with van der Waals surface area (Å²) >= 11 is 13.7. The molecule has 0 spiro atoms. The maximum atomic E-state index is 12.9. The summed E-state index contributed by atoms with van der Waals surface area (Å²) in [6.07, 6.45) is 0. The number of fused-ring (bicyclic) bond motifs is 1. The summed E-state index contributed by atoms with van der Waals surface area (Å²) in [4.78, 5) is 12.4. The fourth-order valence-corrected chi connectivity index (χ4v) is 5.99. The SMILES string of the molecule is O=C(CSCc1c(Cl)cccc1Cl)Nc1ccc(S(=O)(=O)Nc2cccc3ccccc23)cc1. The summed E-state index contributed by atoms with van der Waals surface area (Å²) in [6.45, 7) is 0. The number of carbonyl (C=O) groups excluding carboxylic acids is 1. The molecule has 0 atom stereocenters. The first-order valence-corrected chi connectivity index (χ1v) is 13.6. The van der Waals surface area contributed by atoms with Gasteiger partial charge in [0.25, 0.3) is 10.0 Å². The number of rotatable bonds is 8. The Morgan fingerprint density at radius 1 is 0.824 bits per heavy atom. The molecule has 4 aromatic carbocycles. The van der Waals surface area contributed by atoms with Gasteiger partial charge in [0.15, 0.2) is 0 Å². The van der Waals surface area contributed by atoms with Gasteiger partial charge in [0, 0.05) is 26.9 Å². The average molecular weight is 531 g/mol. The Hall–Kier alpha value is -2.71. The highest BCUT2D eigenvalue weighted by atomic mass is 35.5. The molecule has 5 nitrogen and oxygen atoms in total. The largest absolute Gasteiger partial charge is 0.325 e. The third kappa shape index (κ3) is 5.85. The molecule has 4 aromatic rings. The van der Waals surface area contributed by atoms with Crippen LogP contribution in [0.4, 0.5) is 11.4 Å². The van der Waals surface area contributed by atoms with Crippen molar-refractivity contribution in [3.63, 3.8) is 0 Å². The molecular formula is C25H20Cl2N2O3S2. The summed E-state index contributed by atoms with van der Waals surface area (Å²) in [5.74, 6) is 0.491. The number of anilines is 2. The van der Waals surface area contributed by atoms with E-state index in [9.17, 15) is 13.2 Å². The molecule has 0 radical (unpaired) electrons. The number of nitrogens with one attached hydrogen (secondary N) is 2. The van der Waals surface area contributed by atoms with Crippen molar-refractivity contribution in [1.82, 2.24) is 0 Å². The van der Waals surface area contributed by atoms with Gasteiger partial charge in [-0.05, 0) is 53.4 Å². The molecule has 0 aliphatic heterocycles. The van der Waals surface area contributed by atoms with Gasteiger partial charge >= 0.3 is 0 Å². The lowest BCUT2D eigenvalue weighted by Crippen LogP contribution is -2.15. The molecule has 0 saturated heterocycles. The predicted octanol–water partition coefficient (Wildman–Crippen LogP) is 6.82. The van der Waals surface area contributed by atoms with E-state index in [0.717, 1.165) is 16.3 Å². The van der Waals surface area contributed by atoms with Gasteiger partial charge in [0.2, 0.25) is 5.91 Å². The number of hydrogen-bond donors (Lipinski definition) is 2. The van der Waals surface area contributed by atoms with Crippen molar-refractivity contribution >= 4 is 73.0 Å². The Morgan fingerprint density at radius 3 is 2.21 bits per heavy atom. The summed E-state index contributed by atoms with van der Waals surface area (Å²) in [5, 5.41) is 5.65. The standard InChI is InChI=1S/C25H20Cl2N2O3S2/c26-22-8-4-9-23(27)21(22)15-33-16-25(30)28-18-11-13-19(14-12-18)34(31,32)29-24-10-3-6-17-5-1-2-7-20(17)24/h1-14,29H,15-16H2,(H,28,30). The molecule has 1 amide bonds. The van der Waals surface area contributed by atoms with Crippen LogP contribution in [-0.2, 0) is 20.6 Å². The van der Waals surface area contributed by atoms with E-state index in [2.05, 4.69) is 10.0 Å². The van der Waals surface area contributed by atoms with Crippen LogP contribution in [0.5, 0.6) is 0 Å². The first kappa shape index (κ1) is 24.4. The predicted molar refractivity (Wildman–Crippen MR) is 142 cm³/mol. The zero-order chi connectivity index (χ0) is 24.1. The second-order valence-electron chi connectivity index (χ2n) is 7.40. The Labute approximate surface area is 212 Å². The van der Waals surface area contributed by atoms with Crippen LogP contribution >= 0.6 is 35.0 Å². The van der Waals surface area contributed by atoms with E-state index in [0.29, 0.717) is 27.2 Å². The number of benzene rings is 4. The van der Waals surface area contributed by atoms with Crippen molar-refractivity contribution in [2.45, 2.75) is 10.6 Å². The molecule has 0 aliphatic carbocycles. The molecule has 0 heterocycles. The van der Waals surface area contributed by atoms with E-state index in [1.165, 1.54) is 23.9 Å². The third-order valence-electron chi connectivity index (χ3n) is 5.02. The number of thioether (sulfide) groups is 1. The molecule has 0 bridgehead atoms. The molecule has 0 aromatic heterocycles. The van der Waals surface area contributed by atoms with Crippen LogP contribution in [-0.4, -0.2) is 20.1 Å². The normalized spacial score (nSPS) is 11.4. The first-order chi connectivity index (χ1) is 16.3. The van der Waals surface area contributed by atoms with E-state index in [1.807, 2.05) is 30.3 Å². The maximum absolute atomic E-state index is 12.9. The van der Waals surface area contributed by atoms with Crippen LogP contribution in [0, 0.1) is 0 Å². The van der Waals surface area contributed by atoms with Crippen molar-refractivity contribution in [2.75, 3.05) is 15.8 Å². The van der Waals surface area contributed by atoms with Gasteiger partial charge in [-0.3, -0.25) is 9.52 Å². The van der Waals surface area contributed by atoms with E-state index < -0.39 is 10.0 Å². The highest BCUT2D eigenvalue weighted by Gasteiger charge is 2.16. The van der Waals surface area contributed by atoms with Crippen molar-refractivity contribution in [1.29, 1.82) is 0 Å². The average Bonchev–Trinajstić information content (AvgIpc) is 2.81. The molecule has 34 heavy (non-hydrogen) atoms. The maximum Gasteiger partial charge on any atom is 0.261 e. The second kappa shape index (κ2) is 10.7. The Kier molecular flexibility index (Phi) is 7.68. The lowest BCUT2D eigenvalue weighted by molar-refractivity contribution is -0.113. The van der Waals surface area contributed by atoms with Gasteiger partial charge in [0.05, 0.1) is 16.3 Å². The summed E-state index contributed by atoms with van der Waals surface area (Å²) in [5.41, 5.74) is 1.80. The van der Waals surface area contributed by atoms with Crippen LogP contribution in [0.15, 0.2) is 89.8 Å². The van der Waals surface area contributed by atoms with E-state index in [4.69, 9.17) is 23.2 Å². The Bertz CT molecular complexity index is 1420. The van der Waals surface area contributed by atoms with Crippen LogP contribution in [0.1, 0.15) is 5.56 Å². The summed E-state index contributed by atoms with van der Waals surface area (Å²) < 4.78 is 28.4. The molecular weight excluding hydrogens is 511 g/mol. The van der Waals surface area contributed by atoms with Crippen molar-refractivity contribution in [3.05, 3.63) is 101 Å². The van der Waals surface area contributed by atoms with Gasteiger partial charge in [-0.15, -0.1) is 11.8 Å². The van der Waals surface area contributed by atoms with Crippen LogP contribution < -0.4 is 10.0 Å².